The predicted octanol–water partition coefficient (Wildman–Crippen LogP) is 2.11. The van der Waals surface area contributed by atoms with E-state index in [1.165, 1.54) is 0 Å². The topological polar surface area (TPSA) is 63.6 Å². The minimum atomic E-state index is -4.96. The highest BCUT2D eigenvalue weighted by atomic mass is 32.3. The summed E-state index contributed by atoms with van der Waals surface area (Å²) in [5.41, 5.74) is -0.727. The first-order valence-corrected chi connectivity index (χ1v) is 5.45. The van der Waals surface area contributed by atoms with Gasteiger partial charge < -0.3 is 4.18 Å². The van der Waals surface area contributed by atoms with Gasteiger partial charge in [-0.05, 0) is 18.2 Å². The third kappa shape index (κ3) is 5.00. The highest BCUT2D eigenvalue weighted by Crippen LogP contribution is 2.28. The quantitative estimate of drug-likeness (QED) is 0.677. The Morgan fingerprint density at radius 1 is 1.29 bits per heavy atom. The third-order valence-corrected chi connectivity index (χ3v) is 2.00. The SMILES string of the molecule is O=S(=O)(O)Oc1ccc(F)cc1CC(F)(F)F. The standard InChI is InChI=1S/C8H6F4O4S/c9-6-1-2-7(16-17(13,14)15)5(3-6)4-8(10,11)12/h1-3H,4H2,(H,13,14,15). The molecule has 0 spiro atoms. The second kappa shape index (κ2) is 4.49. The molecule has 0 unspecified atom stereocenters. The number of alkyl halides is 3. The Labute approximate surface area is 93.8 Å². The maximum Gasteiger partial charge on any atom is 0.446 e. The van der Waals surface area contributed by atoms with E-state index in [2.05, 4.69) is 4.18 Å². The van der Waals surface area contributed by atoms with E-state index in [0.29, 0.717) is 18.2 Å². The zero-order valence-corrected chi connectivity index (χ0v) is 8.85. The predicted molar refractivity (Wildman–Crippen MR) is 48.3 cm³/mol. The Morgan fingerprint density at radius 3 is 2.35 bits per heavy atom. The zero-order chi connectivity index (χ0) is 13.3. The number of benzene rings is 1. The first-order valence-electron chi connectivity index (χ1n) is 4.09. The lowest BCUT2D eigenvalue weighted by atomic mass is 10.1. The summed E-state index contributed by atoms with van der Waals surface area (Å²) in [6.07, 6.45) is -6.24. The second-order valence-electron chi connectivity index (χ2n) is 3.06. The van der Waals surface area contributed by atoms with E-state index in [0.717, 1.165) is 0 Å². The fourth-order valence-electron chi connectivity index (χ4n) is 1.10. The molecule has 96 valence electrons. The van der Waals surface area contributed by atoms with Crippen LogP contribution in [0.5, 0.6) is 5.75 Å². The number of halogens is 4. The molecule has 0 saturated carbocycles. The molecule has 1 N–H and O–H groups in total. The van der Waals surface area contributed by atoms with Gasteiger partial charge in [0.1, 0.15) is 11.6 Å². The molecular formula is C8H6F4O4S. The summed E-state index contributed by atoms with van der Waals surface area (Å²) in [7, 11) is -4.96. The molecule has 0 heterocycles. The van der Waals surface area contributed by atoms with Crippen LogP contribution in [-0.4, -0.2) is 19.1 Å². The molecule has 0 radical (unpaired) electrons. The second-order valence-corrected chi connectivity index (χ2v) is 4.08. The molecular weight excluding hydrogens is 268 g/mol. The van der Waals surface area contributed by atoms with Crippen molar-refractivity contribution in [1.29, 1.82) is 0 Å². The van der Waals surface area contributed by atoms with Crippen LogP contribution in [0.1, 0.15) is 5.56 Å². The molecule has 1 aromatic rings. The van der Waals surface area contributed by atoms with Gasteiger partial charge in [0, 0.05) is 5.56 Å². The summed E-state index contributed by atoms with van der Waals surface area (Å²) < 4.78 is 82.0. The van der Waals surface area contributed by atoms with Gasteiger partial charge >= 0.3 is 16.6 Å². The largest absolute Gasteiger partial charge is 0.446 e. The van der Waals surface area contributed by atoms with Crippen LogP contribution in [0.25, 0.3) is 0 Å². The molecule has 0 fully saturated rings. The third-order valence-electron chi connectivity index (χ3n) is 1.61. The maximum atomic E-state index is 12.7. The van der Waals surface area contributed by atoms with Gasteiger partial charge in [-0.25, -0.2) is 4.39 Å². The normalized spacial score (nSPS) is 12.5. The van der Waals surface area contributed by atoms with Crippen LogP contribution < -0.4 is 4.18 Å². The Balaban J connectivity index is 3.13. The maximum absolute atomic E-state index is 12.7. The minimum absolute atomic E-state index is 0.480. The van der Waals surface area contributed by atoms with E-state index in [9.17, 15) is 26.0 Å². The van der Waals surface area contributed by atoms with Crippen LogP contribution >= 0.6 is 0 Å². The molecule has 1 rings (SSSR count). The molecule has 0 amide bonds. The summed E-state index contributed by atoms with van der Waals surface area (Å²) in [6, 6.07) is 1.87. The fraction of sp³-hybridized carbons (Fsp3) is 0.250. The van der Waals surface area contributed by atoms with Crippen LogP contribution in [0, 0.1) is 5.82 Å². The number of rotatable bonds is 3. The van der Waals surface area contributed by atoms with Gasteiger partial charge in [0.25, 0.3) is 0 Å². The molecule has 9 heteroatoms. The Bertz CT molecular complexity index is 509. The van der Waals surface area contributed by atoms with Crippen molar-refractivity contribution >= 4 is 10.4 Å². The van der Waals surface area contributed by atoms with E-state index in [4.69, 9.17) is 4.55 Å². The molecule has 0 bridgehead atoms. The Kier molecular flexibility index (Phi) is 3.62. The molecule has 0 aromatic heterocycles. The number of hydrogen-bond donors (Lipinski definition) is 1. The molecule has 0 aliphatic heterocycles. The van der Waals surface area contributed by atoms with Gasteiger partial charge in [0.2, 0.25) is 0 Å². The van der Waals surface area contributed by atoms with Crippen molar-refractivity contribution in [1.82, 2.24) is 0 Å². The monoisotopic (exact) mass is 274 g/mol. The van der Waals surface area contributed by atoms with Crippen LogP contribution in [0.15, 0.2) is 18.2 Å². The van der Waals surface area contributed by atoms with E-state index in [-0.39, 0.29) is 0 Å². The highest BCUT2D eigenvalue weighted by molar-refractivity contribution is 7.81. The van der Waals surface area contributed by atoms with Crippen molar-refractivity contribution in [2.24, 2.45) is 0 Å². The van der Waals surface area contributed by atoms with Crippen LogP contribution in [-0.2, 0) is 16.8 Å². The Morgan fingerprint density at radius 2 is 1.88 bits per heavy atom. The van der Waals surface area contributed by atoms with Gasteiger partial charge in [0.15, 0.2) is 0 Å². The van der Waals surface area contributed by atoms with Crippen molar-refractivity contribution in [3.63, 3.8) is 0 Å². The van der Waals surface area contributed by atoms with E-state index < -0.39 is 40.1 Å². The summed E-state index contributed by atoms with van der Waals surface area (Å²) in [5.74, 6) is -1.75. The molecule has 0 aliphatic rings. The molecule has 4 nitrogen and oxygen atoms in total. The van der Waals surface area contributed by atoms with Crippen LogP contribution in [0.3, 0.4) is 0 Å². The Hall–Kier alpha value is -1.35. The average molecular weight is 274 g/mol. The average Bonchev–Trinajstić information content (AvgIpc) is 2.05. The highest BCUT2D eigenvalue weighted by Gasteiger charge is 2.30. The van der Waals surface area contributed by atoms with Crippen molar-refractivity contribution in [2.75, 3.05) is 0 Å². The molecule has 0 saturated heterocycles. The van der Waals surface area contributed by atoms with E-state index in [1.54, 1.807) is 0 Å². The zero-order valence-electron chi connectivity index (χ0n) is 8.03. The van der Waals surface area contributed by atoms with E-state index in [1.807, 2.05) is 0 Å². The first kappa shape index (κ1) is 13.7. The van der Waals surface area contributed by atoms with Gasteiger partial charge in [-0.2, -0.15) is 21.6 Å². The van der Waals surface area contributed by atoms with Crippen molar-refractivity contribution in [3.05, 3.63) is 29.6 Å². The van der Waals surface area contributed by atoms with Crippen LogP contribution in [0.2, 0.25) is 0 Å². The molecule has 1 aromatic carbocycles. The summed E-state index contributed by atoms with van der Waals surface area (Å²) in [6.45, 7) is 0. The lowest BCUT2D eigenvalue weighted by Crippen LogP contribution is -2.15. The van der Waals surface area contributed by atoms with Gasteiger partial charge in [-0.1, -0.05) is 0 Å². The van der Waals surface area contributed by atoms with Crippen molar-refractivity contribution < 1.29 is 34.7 Å². The smallest absolute Gasteiger partial charge is 0.362 e. The lowest BCUT2D eigenvalue weighted by Gasteiger charge is -2.10. The van der Waals surface area contributed by atoms with Gasteiger partial charge in [-0.3, -0.25) is 4.55 Å². The van der Waals surface area contributed by atoms with Gasteiger partial charge in [-0.15, -0.1) is 0 Å². The summed E-state index contributed by atoms with van der Waals surface area (Å²) in [5, 5.41) is 0. The van der Waals surface area contributed by atoms with Crippen LogP contribution in [0.4, 0.5) is 17.6 Å². The van der Waals surface area contributed by atoms with Crippen molar-refractivity contribution in [2.45, 2.75) is 12.6 Å². The fourth-order valence-corrected chi connectivity index (χ4v) is 1.49. The minimum Gasteiger partial charge on any atom is -0.362 e. The summed E-state index contributed by atoms with van der Waals surface area (Å²) >= 11 is 0. The van der Waals surface area contributed by atoms with Gasteiger partial charge in [0.05, 0.1) is 6.42 Å². The molecule has 0 atom stereocenters. The summed E-state index contributed by atoms with van der Waals surface area (Å²) in [4.78, 5) is 0. The molecule has 0 aliphatic carbocycles. The number of hydrogen-bond acceptors (Lipinski definition) is 3. The lowest BCUT2D eigenvalue weighted by molar-refractivity contribution is -0.127. The molecule has 17 heavy (non-hydrogen) atoms. The van der Waals surface area contributed by atoms with Crippen molar-refractivity contribution in [3.8, 4) is 5.75 Å². The van der Waals surface area contributed by atoms with E-state index >= 15 is 0 Å². The first-order chi connectivity index (χ1) is 7.57.